The second-order valence-corrected chi connectivity index (χ2v) is 6.63. The molecule has 0 unspecified atom stereocenters. The number of nitrogen functional groups attached to an aromatic ring is 1. The van der Waals surface area contributed by atoms with Gasteiger partial charge in [0.2, 0.25) is 0 Å². The number of nitrogens with zero attached hydrogens (tertiary/aromatic N) is 2. The average Bonchev–Trinajstić information content (AvgIpc) is 2.59. The van der Waals surface area contributed by atoms with E-state index >= 15 is 0 Å². The van der Waals surface area contributed by atoms with Gasteiger partial charge >= 0.3 is 0 Å². The van der Waals surface area contributed by atoms with Crippen molar-refractivity contribution in [1.82, 2.24) is 4.37 Å². The highest BCUT2D eigenvalue weighted by Gasteiger charge is 2.27. The van der Waals surface area contributed by atoms with Gasteiger partial charge in [-0.2, -0.15) is 4.37 Å². The van der Waals surface area contributed by atoms with Gasteiger partial charge in [-0.05, 0) is 36.0 Å². The Morgan fingerprint density at radius 3 is 2.56 bits per heavy atom. The van der Waals surface area contributed by atoms with E-state index < -0.39 is 0 Å². The van der Waals surface area contributed by atoms with Gasteiger partial charge in [0.15, 0.2) is 5.82 Å². The number of hydrogen-bond donors (Lipinski definition) is 1. The van der Waals surface area contributed by atoms with Crippen LogP contribution in [-0.4, -0.2) is 23.7 Å². The summed E-state index contributed by atoms with van der Waals surface area (Å²) >= 11 is 3.24. The number of rotatable bonds is 2. The molecular weight excluding hydrogens is 238 g/mol. The van der Waals surface area contributed by atoms with Crippen molar-refractivity contribution in [3.63, 3.8) is 0 Å². The molecule has 0 spiro atoms. The van der Waals surface area contributed by atoms with Crippen LogP contribution in [0.5, 0.6) is 0 Å². The molecule has 90 valence electrons. The Balaban J connectivity index is 2.14. The van der Waals surface area contributed by atoms with Gasteiger partial charge in [-0.3, -0.25) is 0 Å². The Morgan fingerprint density at radius 1 is 1.38 bits per heavy atom. The largest absolute Gasteiger partial charge is 0.382 e. The number of hydrogen-bond acceptors (Lipinski definition) is 5. The Bertz CT molecular complexity index is 363. The predicted octanol–water partition coefficient (Wildman–Crippen LogP) is 3.07. The highest BCUT2D eigenvalue weighted by Crippen LogP contribution is 2.40. The van der Waals surface area contributed by atoms with Gasteiger partial charge < -0.3 is 10.6 Å². The molecule has 3 nitrogen and oxygen atoms in total. The highest BCUT2D eigenvalue weighted by atomic mass is 32.2. The smallest absolute Gasteiger partial charge is 0.153 e. The minimum Gasteiger partial charge on any atom is -0.382 e. The molecule has 5 heteroatoms. The summed E-state index contributed by atoms with van der Waals surface area (Å²) in [6.07, 6.45) is 4.56. The van der Waals surface area contributed by atoms with Crippen LogP contribution in [0.15, 0.2) is 4.90 Å². The number of aromatic nitrogens is 1. The van der Waals surface area contributed by atoms with E-state index in [0.29, 0.717) is 11.2 Å². The summed E-state index contributed by atoms with van der Waals surface area (Å²) in [5.74, 6) is 0.692. The molecule has 1 aromatic rings. The van der Waals surface area contributed by atoms with Crippen molar-refractivity contribution >= 4 is 34.1 Å². The Labute approximate surface area is 106 Å². The number of nitrogens with two attached hydrogens (primary N) is 1. The summed E-state index contributed by atoms with van der Waals surface area (Å²) in [6.45, 7) is 6.95. The van der Waals surface area contributed by atoms with Crippen molar-refractivity contribution in [3.8, 4) is 0 Å². The van der Waals surface area contributed by atoms with Crippen molar-refractivity contribution in [2.45, 2.75) is 31.6 Å². The van der Waals surface area contributed by atoms with Crippen molar-refractivity contribution in [2.75, 3.05) is 30.0 Å². The fourth-order valence-corrected chi connectivity index (χ4v) is 3.73. The summed E-state index contributed by atoms with van der Waals surface area (Å²) in [6, 6.07) is 0. The third-order valence-electron chi connectivity index (χ3n) is 3.27. The second kappa shape index (κ2) is 4.45. The van der Waals surface area contributed by atoms with Crippen LogP contribution in [-0.2, 0) is 0 Å². The van der Waals surface area contributed by atoms with Crippen LogP contribution in [0.25, 0.3) is 0 Å². The first-order chi connectivity index (χ1) is 7.53. The van der Waals surface area contributed by atoms with E-state index in [1.807, 2.05) is 0 Å². The summed E-state index contributed by atoms with van der Waals surface area (Å²) < 4.78 is 4.26. The van der Waals surface area contributed by atoms with Crippen LogP contribution < -0.4 is 10.6 Å². The van der Waals surface area contributed by atoms with E-state index in [4.69, 9.17) is 5.73 Å². The highest BCUT2D eigenvalue weighted by molar-refractivity contribution is 7.99. The summed E-state index contributed by atoms with van der Waals surface area (Å²) in [5, 5.41) is 1.26. The third kappa shape index (κ3) is 2.30. The van der Waals surface area contributed by atoms with Crippen molar-refractivity contribution in [2.24, 2.45) is 5.41 Å². The van der Waals surface area contributed by atoms with Gasteiger partial charge in [0, 0.05) is 13.1 Å². The van der Waals surface area contributed by atoms with Gasteiger partial charge in [0.1, 0.15) is 5.00 Å². The van der Waals surface area contributed by atoms with E-state index in [2.05, 4.69) is 29.4 Å². The lowest BCUT2D eigenvalue weighted by molar-refractivity contribution is 0.280. The lowest BCUT2D eigenvalue weighted by Gasteiger charge is -2.37. The second-order valence-electron chi connectivity index (χ2n) is 5.06. The van der Waals surface area contributed by atoms with Gasteiger partial charge in [-0.25, -0.2) is 0 Å². The molecule has 1 fully saturated rings. The molecule has 0 atom stereocenters. The third-order valence-corrected chi connectivity index (χ3v) is 5.13. The number of thioether (sulfide) groups is 1. The first-order valence-electron chi connectivity index (χ1n) is 5.57. The minimum absolute atomic E-state index is 0.492. The standard InChI is InChI=1S/C11H19N3S2/c1-11(2)4-6-14(7-5-11)10-8(15-3)9(12)13-16-10/h4-7H2,1-3H3,(H2,12,13). The van der Waals surface area contributed by atoms with Crippen LogP contribution in [0.2, 0.25) is 0 Å². The number of anilines is 2. The zero-order valence-electron chi connectivity index (χ0n) is 10.1. The van der Waals surface area contributed by atoms with Gasteiger partial charge in [0.25, 0.3) is 0 Å². The zero-order chi connectivity index (χ0) is 11.8. The first-order valence-corrected chi connectivity index (χ1v) is 7.57. The predicted molar refractivity (Wildman–Crippen MR) is 73.5 cm³/mol. The van der Waals surface area contributed by atoms with E-state index in [-0.39, 0.29) is 0 Å². The van der Waals surface area contributed by atoms with Crippen molar-refractivity contribution in [3.05, 3.63) is 0 Å². The molecule has 0 radical (unpaired) electrons. The maximum atomic E-state index is 5.86. The van der Waals surface area contributed by atoms with Crippen LogP contribution >= 0.6 is 23.3 Å². The van der Waals surface area contributed by atoms with Crippen molar-refractivity contribution < 1.29 is 0 Å². The quantitative estimate of drug-likeness (QED) is 0.827. The summed E-state index contributed by atoms with van der Waals surface area (Å²) in [5.41, 5.74) is 6.36. The Hall–Kier alpha value is -0.420. The zero-order valence-corrected chi connectivity index (χ0v) is 11.7. The fourth-order valence-electron chi connectivity index (χ4n) is 1.99. The minimum atomic E-state index is 0.492. The van der Waals surface area contributed by atoms with Gasteiger partial charge in [0.05, 0.1) is 4.90 Å². The molecule has 16 heavy (non-hydrogen) atoms. The van der Waals surface area contributed by atoms with Crippen LogP contribution in [0.3, 0.4) is 0 Å². The molecule has 1 saturated heterocycles. The van der Waals surface area contributed by atoms with E-state index in [1.54, 1.807) is 11.8 Å². The molecule has 2 heterocycles. The molecule has 0 aromatic carbocycles. The van der Waals surface area contributed by atoms with Crippen molar-refractivity contribution in [1.29, 1.82) is 0 Å². The van der Waals surface area contributed by atoms with E-state index in [1.165, 1.54) is 29.4 Å². The molecule has 0 aliphatic carbocycles. The summed E-state index contributed by atoms with van der Waals surface area (Å²) in [7, 11) is 0. The van der Waals surface area contributed by atoms with Gasteiger partial charge in [-0.1, -0.05) is 13.8 Å². The fraction of sp³-hybridized carbons (Fsp3) is 0.727. The number of piperidine rings is 1. The average molecular weight is 257 g/mol. The molecule has 1 aliphatic heterocycles. The van der Waals surface area contributed by atoms with Crippen LogP contribution in [0.4, 0.5) is 10.8 Å². The molecule has 2 rings (SSSR count). The van der Waals surface area contributed by atoms with E-state index in [9.17, 15) is 0 Å². The lowest BCUT2D eigenvalue weighted by atomic mass is 9.83. The van der Waals surface area contributed by atoms with E-state index in [0.717, 1.165) is 18.0 Å². The maximum Gasteiger partial charge on any atom is 0.153 e. The molecule has 2 N–H and O–H groups in total. The molecule has 0 saturated carbocycles. The van der Waals surface area contributed by atoms with Crippen LogP contribution in [0, 0.1) is 5.41 Å². The first kappa shape index (κ1) is 12.0. The molecule has 1 aliphatic rings. The Kier molecular flexibility index (Phi) is 3.35. The summed E-state index contributed by atoms with van der Waals surface area (Å²) in [4.78, 5) is 3.59. The van der Waals surface area contributed by atoms with Gasteiger partial charge in [-0.15, -0.1) is 11.8 Å². The SMILES string of the molecule is CSc1c(N)nsc1N1CCC(C)(C)CC1. The van der Waals surface area contributed by atoms with Crippen LogP contribution in [0.1, 0.15) is 26.7 Å². The molecule has 1 aromatic heterocycles. The monoisotopic (exact) mass is 257 g/mol. The lowest BCUT2D eigenvalue weighted by Crippen LogP contribution is -2.37. The molecule has 0 bridgehead atoms. The normalized spacial score (nSPS) is 20.1. The molecular formula is C11H19N3S2. The molecule has 0 amide bonds. The maximum absolute atomic E-state index is 5.86. The topological polar surface area (TPSA) is 42.1 Å². The Morgan fingerprint density at radius 2 is 2.00 bits per heavy atom.